The van der Waals surface area contributed by atoms with Crippen LogP contribution in [0.25, 0.3) is 10.9 Å². The molecule has 3 heterocycles. The van der Waals surface area contributed by atoms with Crippen LogP contribution < -0.4 is 0 Å². The Morgan fingerprint density at radius 1 is 1.35 bits per heavy atom. The van der Waals surface area contributed by atoms with Gasteiger partial charge in [0.15, 0.2) is 0 Å². The second-order valence-corrected chi connectivity index (χ2v) is 7.36. The van der Waals surface area contributed by atoms with Crippen LogP contribution in [0.5, 0.6) is 0 Å². The van der Waals surface area contributed by atoms with Crippen LogP contribution in [-0.4, -0.2) is 39.1 Å². The van der Waals surface area contributed by atoms with Gasteiger partial charge in [-0.15, -0.1) is 0 Å². The molecular weight excluding hydrogens is 324 g/mol. The Kier molecular flexibility index (Phi) is 4.31. The summed E-state index contributed by atoms with van der Waals surface area (Å²) in [7, 11) is 0. The number of aryl methyl sites for hydroxylation is 3. The molecule has 0 radical (unpaired) electrons. The van der Waals surface area contributed by atoms with Gasteiger partial charge in [0.25, 0.3) is 5.91 Å². The molecule has 26 heavy (non-hydrogen) atoms. The van der Waals surface area contributed by atoms with Gasteiger partial charge < -0.3 is 9.88 Å². The number of carbonyl (C=O) groups excluding carboxylic acids is 1. The molecule has 1 aliphatic rings. The topological polar surface area (TPSA) is 64.8 Å². The fraction of sp³-hybridized carbons (Fsp3) is 0.429. The van der Waals surface area contributed by atoms with Crippen LogP contribution in [0.4, 0.5) is 0 Å². The summed E-state index contributed by atoms with van der Waals surface area (Å²) in [5.41, 5.74) is 6.56. The number of aromatic amines is 2. The number of nitrogens with one attached hydrogen (secondary N) is 2. The van der Waals surface area contributed by atoms with Gasteiger partial charge in [-0.1, -0.05) is 19.1 Å². The Morgan fingerprint density at radius 3 is 3.00 bits per heavy atom. The van der Waals surface area contributed by atoms with E-state index in [1.54, 1.807) is 0 Å². The summed E-state index contributed by atoms with van der Waals surface area (Å²) in [4.78, 5) is 18.7. The highest BCUT2D eigenvalue weighted by Gasteiger charge is 2.28. The number of rotatable bonds is 3. The Hall–Kier alpha value is -2.56. The van der Waals surface area contributed by atoms with Crippen LogP contribution in [0.15, 0.2) is 24.4 Å². The molecule has 1 atom stereocenters. The number of hydrogen-bond acceptors (Lipinski definition) is 2. The molecule has 5 heteroatoms. The number of fused-ring (bicyclic) bond motifs is 1. The molecule has 1 saturated heterocycles. The number of amides is 1. The highest BCUT2D eigenvalue weighted by atomic mass is 16.2. The van der Waals surface area contributed by atoms with Crippen molar-refractivity contribution in [1.82, 2.24) is 20.1 Å². The largest absolute Gasteiger partial charge is 0.358 e. The fourth-order valence-electron chi connectivity index (χ4n) is 4.18. The van der Waals surface area contributed by atoms with Crippen molar-refractivity contribution >= 4 is 16.8 Å². The zero-order valence-electron chi connectivity index (χ0n) is 15.7. The van der Waals surface area contributed by atoms with Gasteiger partial charge >= 0.3 is 0 Å². The number of carbonyl (C=O) groups is 1. The van der Waals surface area contributed by atoms with Crippen LogP contribution in [0.2, 0.25) is 0 Å². The lowest BCUT2D eigenvalue weighted by Gasteiger charge is -2.33. The predicted octanol–water partition coefficient (Wildman–Crippen LogP) is 4.09. The van der Waals surface area contributed by atoms with Crippen LogP contribution in [0.1, 0.15) is 58.6 Å². The number of para-hydroxylation sites is 1. The molecule has 0 spiro atoms. The molecule has 0 aliphatic carbocycles. The summed E-state index contributed by atoms with van der Waals surface area (Å²) in [5.74, 6) is 0.468. The number of hydrogen-bond donors (Lipinski definition) is 2. The second kappa shape index (κ2) is 6.63. The quantitative estimate of drug-likeness (QED) is 0.747. The molecule has 0 bridgehead atoms. The second-order valence-electron chi connectivity index (χ2n) is 7.36. The zero-order chi connectivity index (χ0) is 18.3. The molecular formula is C21H26N4O. The van der Waals surface area contributed by atoms with E-state index in [-0.39, 0.29) is 5.91 Å². The van der Waals surface area contributed by atoms with E-state index in [0.29, 0.717) is 5.92 Å². The first-order chi connectivity index (χ1) is 12.6. The maximum absolute atomic E-state index is 13.3. The number of piperidine rings is 1. The van der Waals surface area contributed by atoms with E-state index in [1.807, 2.05) is 23.2 Å². The van der Waals surface area contributed by atoms with E-state index in [9.17, 15) is 4.79 Å². The van der Waals surface area contributed by atoms with Crippen LogP contribution in [0, 0.1) is 13.8 Å². The average Bonchev–Trinajstić information content (AvgIpc) is 3.26. The molecule has 5 nitrogen and oxygen atoms in total. The molecule has 136 valence electrons. The number of H-pyrrole nitrogens is 2. The molecule has 1 fully saturated rings. The number of aromatic nitrogens is 3. The number of nitrogens with zero attached hydrogens (tertiary/aromatic N) is 2. The maximum Gasteiger partial charge on any atom is 0.256 e. The standard InChI is InChI=1S/C21H26N4O/c1-4-15-11-22-24-19(15)16-7-6-10-25(12-16)21(26)18-9-5-8-17-13(2)14(3)23-20(17)18/h5,8-9,11,16,23H,4,6-7,10,12H2,1-3H3,(H,22,24)/t16-/m0/s1. The number of likely N-dealkylation sites (tertiary alicyclic amines) is 1. The Balaban J connectivity index is 1.63. The Morgan fingerprint density at radius 2 is 2.19 bits per heavy atom. The van der Waals surface area contributed by atoms with Crippen molar-refractivity contribution in [3.63, 3.8) is 0 Å². The molecule has 3 aromatic rings. The van der Waals surface area contributed by atoms with Crippen molar-refractivity contribution in [2.75, 3.05) is 13.1 Å². The van der Waals surface area contributed by atoms with Crippen LogP contribution in [0.3, 0.4) is 0 Å². The third-order valence-corrected chi connectivity index (χ3v) is 5.82. The Labute approximate surface area is 153 Å². The first kappa shape index (κ1) is 16.9. The molecule has 0 saturated carbocycles. The van der Waals surface area contributed by atoms with Gasteiger partial charge in [-0.3, -0.25) is 9.89 Å². The lowest BCUT2D eigenvalue weighted by Crippen LogP contribution is -2.39. The van der Waals surface area contributed by atoms with Gasteiger partial charge in [-0.25, -0.2) is 0 Å². The molecule has 2 N–H and O–H groups in total. The highest BCUT2D eigenvalue weighted by molar-refractivity contribution is 6.06. The van der Waals surface area contributed by atoms with Crippen molar-refractivity contribution in [1.29, 1.82) is 0 Å². The van der Waals surface area contributed by atoms with Crippen LogP contribution in [-0.2, 0) is 6.42 Å². The molecule has 0 unspecified atom stereocenters. The lowest BCUT2D eigenvalue weighted by atomic mass is 9.91. The van der Waals surface area contributed by atoms with E-state index in [2.05, 4.69) is 42.0 Å². The van der Waals surface area contributed by atoms with E-state index in [0.717, 1.165) is 54.5 Å². The van der Waals surface area contributed by atoms with Gasteiger partial charge in [-0.05, 0) is 50.3 Å². The van der Waals surface area contributed by atoms with E-state index >= 15 is 0 Å². The van der Waals surface area contributed by atoms with E-state index in [4.69, 9.17) is 0 Å². The summed E-state index contributed by atoms with van der Waals surface area (Å²) in [6, 6.07) is 6.01. The van der Waals surface area contributed by atoms with Gasteiger partial charge in [-0.2, -0.15) is 5.10 Å². The normalized spacial score (nSPS) is 17.8. The molecule has 1 amide bonds. The first-order valence-corrected chi connectivity index (χ1v) is 9.49. The van der Waals surface area contributed by atoms with Gasteiger partial charge in [0.05, 0.1) is 17.3 Å². The van der Waals surface area contributed by atoms with Crippen molar-refractivity contribution in [3.05, 3.63) is 52.5 Å². The summed E-state index contributed by atoms with van der Waals surface area (Å²) >= 11 is 0. The van der Waals surface area contributed by atoms with Gasteiger partial charge in [0, 0.05) is 35.8 Å². The molecule has 1 aliphatic heterocycles. The summed E-state index contributed by atoms with van der Waals surface area (Å²) in [6.45, 7) is 7.88. The maximum atomic E-state index is 13.3. The molecule has 1 aromatic carbocycles. The highest BCUT2D eigenvalue weighted by Crippen LogP contribution is 2.30. The minimum absolute atomic E-state index is 0.124. The van der Waals surface area contributed by atoms with Crippen LogP contribution >= 0.6 is 0 Å². The molecule has 4 rings (SSSR count). The lowest BCUT2D eigenvalue weighted by molar-refractivity contribution is 0.0707. The fourth-order valence-corrected chi connectivity index (χ4v) is 4.18. The Bertz CT molecular complexity index is 952. The minimum atomic E-state index is 0.124. The van der Waals surface area contributed by atoms with Crippen molar-refractivity contribution < 1.29 is 4.79 Å². The van der Waals surface area contributed by atoms with Gasteiger partial charge in [0.1, 0.15) is 0 Å². The SMILES string of the molecule is CCc1cn[nH]c1[C@H]1CCCN(C(=O)c2cccc3c(C)c(C)[nH]c23)C1. The monoisotopic (exact) mass is 350 g/mol. The zero-order valence-corrected chi connectivity index (χ0v) is 15.7. The average molecular weight is 350 g/mol. The smallest absolute Gasteiger partial charge is 0.256 e. The van der Waals surface area contributed by atoms with Crippen molar-refractivity contribution in [3.8, 4) is 0 Å². The summed E-state index contributed by atoms with van der Waals surface area (Å²) < 4.78 is 0. The minimum Gasteiger partial charge on any atom is -0.358 e. The van der Waals surface area contributed by atoms with E-state index in [1.165, 1.54) is 16.8 Å². The third kappa shape index (κ3) is 2.71. The summed E-state index contributed by atoms with van der Waals surface area (Å²) in [5, 5.41) is 8.53. The molecule has 2 aromatic heterocycles. The third-order valence-electron chi connectivity index (χ3n) is 5.82. The predicted molar refractivity (Wildman–Crippen MR) is 104 cm³/mol. The van der Waals surface area contributed by atoms with Crippen molar-refractivity contribution in [2.45, 2.75) is 46.0 Å². The van der Waals surface area contributed by atoms with E-state index < -0.39 is 0 Å². The van der Waals surface area contributed by atoms with Gasteiger partial charge in [0.2, 0.25) is 0 Å². The van der Waals surface area contributed by atoms with Crippen molar-refractivity contribution in [2.24, 2.45) is 0 Å². The summed E-state index contributed by atoms with van der Waals surface area (Å²) in [6.07, 6.45) is 5.01. The number of benzene rings is 1. The first-order valence-electron chi connectivity index (χ1n) is 9.49.